The van der Waals surface area contributed by atoms with Crippen LogP contribution in [0.1, 0.15) is 12.8 Å². The topological polar surface area (TPSA) is 52.6 Å². The Kier molecular flexibility index (Phi) is 5.52. The van der Waals surface area contributed by atoms with Gasteiger partial charge in [-0.3, -0.25) is 4.79 Å². The minimum Gasteiger partial charge on any atom is -0.355 e. The molecule has 4 rings (SSSR count). The first kappa shape index (κ1) is 18.8. The van der Waals surface area contributed by atoms with Gasteiger partial charge in [-0.15, -0.1) is 10.2 Å². The lowest BCUT2D eigenvalue weighted by atomic mass is 9.95. The number of anilines is 1. The second kappa shape index (κ2) is 8.22. The van der Waals surface area contributed by atoms with E-state index in [-0.39, 0.29) is 11.7 Å². The third-order valence-corrected chi connectivity index (χ3v) is 5.77. The fourth-order valence-corrected chi connectivity index (χ4v) is 3.91. The highest BCUT2D eigenvalue weighted by Crippen LogP contribution is 2.25. The second-order valence-corrected chi connectivity index (χ2v) is 7.67. The summed E-state index contributed by atoms with van der Waals surface area (Å²) >= 11 is 0. The van der Waals surface area contributed by atoms with Crippen molar-refractivity contribution in [3.8, 4) is 11.3 Å². The Labute approximate surface area is 165 Å². The summed E-state index contributed by atoms with van der Waals surface area (Å²) < 4.78 is 13.1. The van der Waals surface area contributed by atoms with E-state index in [0.717, 1.165) is 69.2 Å². The minimum atomic E-state index is -0.262. The minimum absolute atomic E-state index is 0.117. The fourth-order valence-electron chi connectivity index (χ4n) is 3.91. The van der Waals surface area contributed by atoms with Crippen LogP contribution in [0.25, 0.3) is 11.3 Å². The Hall–Kier alpha value is -2.54. The number of likely N-dealkylation sites (N-methyl/N-ethyl adjacent to an activating group) is 1. The number of carbonyl (C=O) groups excluding carboxylic acids is 1. The Morgan fingerprint density at radius 3 is 2.21 bits per heavy atom. The van der Waals surface area contributed by atoms with Crippen LogP contribution in [0.5, 0.6) is 0 Å². The number of piperazine rings is 1. The number of hydrogen-bond donors (Lipinski definition) is 0. The molecule has 28 heavy (non-hydrogen) atoms. The number of benzene rings is 1. The summed E-state index contributed by atoms with van der Waals surface area (Å²) in [6.07, 6.45) is 1.71. The molecular weight excluding hydrogens is 357 g/mol. The van der Waals surface area contributed by atoms with Crippen LogP contribution in [-0.2, 0) is 4.79 Å². The molecule has 2 fully saturated rings. The van der Waals surface area contributed by atoms with Gasteiger partial charge >= 0.3 is 0 Å². The first-order valence-electron chi connectivity index (χ1n) is 9.92. The molecule has 0 saturated carbocycles. The number of aromatic nitrogens is 2. The van der Waals surface area contributed by atoms with Gasteiger partial charge in [-0.25, -0.2) is 4.39 Å². The monoisotopic (exact) mass is 383 g/mol. The van der Waals surface area contributed by atoms with E-state index in [2.05, 4.69) is 27.0 Å². The van der Waals surface area contributed by atoms with Crippen LogP contribution < -0.4 is 4.90 Å². The van der Waals surface area contributed by atoms with E-state index in [9.17, 15) is 9.18 Å². The molecule has 0 N–H and O–H groups in total. The van der Waals surface area contributed by atoms with Gasteiger partial charge in [-0.2, -0.15) is 0 Å². The van der Waals surface area contributed by atoms with E-state index >= 15 is 0 Å². The number of nitrogens with zero attached hydrogens (tertiary/aromatic N) is 5. The summed E-state index contributed by atoms with van der Waals surface area (Å²) in [7, 11) is 2.10. The lowest BCUT2D eigenvalue weighted by molar-refractivity contribution is -0.137. The Morgan fingerprint density at radius 2 is 1.61 bits per heavy atom. The Morgan fingerprint density at radius 1 is 0.929 bits per heavy atom. The molecule has 7 heteroatoms. The van der Waals surface area contributed by atoms with Crippen molar-refractivity contribution >= 4 is 11.7 Å². The number of rotatable bonds is 3. The van der Waals surface area contributed by atoms with E-state index in [1.54, 1.807) is 12.1 Å². The van der Waals surface area contributed by atoms with Gasteiger partial charge in [0.1, 0.15) is 5.82 Å². The van der Waals surface area contributed by atoms with Crippen molar-refractivity contribution in [3.63, 3.8) is 0 Å². The van der Waals surface area contributed by atoms with Crippen LogP contribution in [0, 0.1) is 11.7 Å². The smallest absolute Gasteiger partial charge is 0.225 e. The molecule has 1 amide bonds. The lowest BCUT2D eigenvalue weighted by Crippen LogP contribution is -2.50. The van der Waals surface area contributed by atoms with Gasteiger partial charge in [0.2, 0.25) is 5.91 Å². The summed E-state index contributed by atoms with van der Waals surface area (Å²) in [5.74, 6) is 0.996. The molecule has 2 aromatic rings. The first-order valence-corrected chi connectivity index (χ1v) is 9.92. The van der Waals surface area contributed by atoms with Crippen LogP contribution in [0.2, 0.25) is 0 Å². The van der Waals surface area contributed by atoms with Crippen molar-refractivity contribution < 1.29 is 9.18 Å². The summed E-state index contributed by atoms with van der Waals surface area (Å²) in [6.45, 7) is 5.22. The molecule has 0 spiro atoms. The number of carbonyl (C=O) groups is 1. The zero-order valence-electron chi connectivity index (χ0n) is 16.2. The molecule has 1 aromatic carbocycles. The van der Waals surface area contributed by atoms with Crippen molar-refractivity contribution in [2.24, 2.45) is 5.92 Å². The Bertz CT molecular complexity index is 795. The number of piperidine rings is 1. The predicted octanol–water partition coefficient (Wildman–Crippen LogP) is 2.27. The van der Waals surface area contributed by atoms with Gasteiger partial charge in [0.25, 0.3) is 0 Å². The maximum atomic E-state index is 13.1. The molecule has 0 atom stereocenters. The second-order valence-electron chi connectivity index (χ2n) is 7.67. The van der Waals surface area contributed by atoms with Crippen LogP contribution >= 0.6 is 0 Å². The number of halogens is 1. The SMILES string of the molecule is CN1CCN(C(=O)C2CCN(c3ccc(-c4ccc(F)cc4)nn3)CC2)CC1. The molecule has 0 radical (unpaired) electrons. The maximum absolute atomic E-state index is 13.1. The molecule has 2 aliphatic rings. The predicted molar refractivity (Wildman–Crippen MR) is 106 cm³/mol. The molecule has 0 aliphatic carbocycles. The zero-order chi connectivity index (χ0) is 19.5. The van der Waals surface area contributed by atoms with Gasteiger partial charge in [0.15, 0.2) is 5.82 Å². The molecule has 3 heterocycles. The van der Waals surface area contributed by atoms with E-state index < -0.39 is 0 Å². The van der Waals surface area contributed by atoms with Crippen LogP contribution in [0.3, 0.4) is 0 Å². The van der Waals surface area contributed by atoms with Gasteiger partial charge in [-0.1, -0.05) is 0 Å². The van der Waals surface area contributed by atoms with Crippen LogP contribution in [0.4, 0.5) is 10.2 Å². The maximum Gasteiger partial charge on any atom is 0.225 e. The summed E-state index contributed by atoms with van der Waals surface area (Å²) in [5, 5.41) is 8.65. The van der Waals surface area contributed by atoms with Crippen molar-refractivity contribution in [3.05, 3.63) is 42.2 Å². The quantitative estimate of drug-likeness (QED) is 0.814. The summed E-state index contributed by atoms with van der Waals surface area (Å²) in [5.41, 5.74) is 1.57. The van der Waals surface area contributed by atoms with Crippen molar-refractivity contribution in [1.82, 2.24) is 20.0 Å². The van der Waals surface area contributed by atoms with Gasteiger partial charge in [-0.05, 0) is 56.3 Å². The molecular formula is C21H26FN5O. The highest BCUT2D eigenvalue weighted by Gasteiger charge is 2.30. The van der Waals surface area contributed by atoms with Gasteiger partial charge in [0, 0.05) is 50.7 Å². The standard InChI is InChI=1S/C21H26FN5O/c1-25-12-14-27(15-13-25)21(28)17-8-10-26(11-9-17)20-7-6-19(23-24-20)16-2-4-18(22)5-3-16/h2-7,17H,8-15H2,1H3. The molecule has 0 unspecified atom stereocenters. The third kappa shape index (κ3) is 4.14. The largest absolute Gasteiger partial charge is 0.355 e. The molecule has 148 valence electrons. The lowest BCUT2D eigenvalue weighted by Gasteiger charge is -2.37. The highest BCUT2D eigenvalue weighted by atomic mass is 19.1. The molecule has 6 nitrogen and oxygen atoms in total. The van der Waals surface area contributed by atoms with Crippen molar-refractivity contribution in [2.45, 2.75) is 12.8 Å². The van der Waals surface area contributed by atoms with E-state index in [1.165, 1.54) is 12.1 Å². The Balaban J connectivity index is 1.33. The molecule has 0 bridgehead atoms. The number of amides is 1. The summed E-state index contributed by atoms with van der Waals surface area (Å²) in [4.78, 5) is 19.2. The van der Waals surface area contributed by atoms with Crippen molar-refractivity contribution in [1.29, 1.82) is 0 Å². The van der Waals surface area contributed by atoms with Crippen LogP contribution in [-0.4, -0.2) is 72.2 Å². The average Bonchev–Trinajstić information content (AvgIpc) is 2.75. The van der Waals surface area contributed by atoms with Gasteiger partial charge in [0.05, 0.1) is 5.69 Å². The van der Waals surface area contributed by atoms with E-state index in [1.807, 2.05) is 17.0 Å². The first-order chi connectivity index (χ1) is 13.6. The average molecular weight is 383 g/mol. The van der Waals surface area contributed by atoms with Gasteiger partial charge < -0.3 is 14.7 Å². The molecule has 1 aromatic heterocycles. The fraction of sp³-hybridized carbons (Fsp3) is 0.476. The highest BCUT2D eigenvalue weighted by molar-refractivity contribution is 5.79. The van der Waals surface area contributed by atoms with Crippen molar-refractivity contribution in [2.75, 3.05) is 51.2 Å². The normalized spacial score (nSPS) is 19.1. The van der Waals surface area contributed by atoms with Crippen LogP contribution in [0.15, 0.2) is 36.4 Å². The third-order valence-electron chi connectivity index (χ3n) is 5.77. The van der Waals surface area contributed by atoms with E-state index in [0.29, 0.717) is 5.91 Å². The summed E-state index contributed by atoms with van der Waals surface area (Å²) in [6, 6.07) is 10.1. The van der Waals surface area contributed by atoms with E-state index in [4.69, 9.17) is 0 Å². The number of hydrogen-bond acceptors (Lipinski definition) is 5. The molecule has 2 saturated heterocycles. The zero-order valence-corrected chi connectivity index (χ0v) is 16.2. The molecule has 2 aliphatic heterocycles.